The summed E-state index contributed by atoms with van der Waals surface area (Å²) in [6, 6.07) is 13.1. The van der Waals surface area contributed by atoms with Crippen molar-refractivity contribution >= 4 is 23.0 Å². The van der Waals surface area contributed by atoms with Gasteiger partial charge in [-0.05, 0) is 92.3 Å². The lowest BCUT2D eigenvalue weighted by Gasteiger charge is -2.12. The fourth-order valence-electron chi connectivity index (χ4n) is 2.48. The highest BCUT2D eigenvalue weighted by molar-refractivity contribution is 5.79. The van der Waals surface area contributed by atoms with Gasteiger partial charge in [0.05, 0.1) is 0 Å². The van der Waals surface area contributed by atoms with Crippen molar-refractivity contribution < 1.29 is 4.79 Å². The Hall–Kier alpha value is -2.67. The molecule has 0 saturated carbocycles. The monoisotopic (exact) mass is 332 g/mol. The third-order valence-electron chi connectivity index (χ3n) is 3.82. The first-order valence-corrected chi connectivity index (χ1v) is 8.34. The van der Waals surface area contributed by atoms with Crippen LogP contribution in [-0.4, -0.2) is 6.29 Å². The number of carbonyl (C=O) groups is 1. The van der Waals surface area contributed by atoms with Crippen LogP contribution in [0, 0.1) is 6.92 Å². The molecule has 0 unspecified atom stereocenters. The van der Waals surface area contributed by atoms with Crippen LogP contribution in [0.15, 0.2) is 56.1 Å². The summed E-state index contributed by atoms with van der Waals surface area (Å²) < 4.78 is 0. The molecular formula is C24H28O. The highest BCUT2D eigenvalue weighted by atomic mass is 16.1. The molecule has 0 aliphatic carbocycles. The molecule has 0 aromatic heterocycles. The molecule has 2 rings (SSSR count). The van der Waals surface area contributed by atoms with E-state index in [0.29, 0.717) is 0 Å². The van der Waals surface area contributed by atoms with E-state index in [2.05, 4.69) is 63.1 Å². The van der Waals surface area contributed by atoms with Crippen LogP contribution in [0.2, 0.25) is 0 Å². The largest absolute Gasteiger partial charge is 0.304 e. The fraction of sp³-hybridized carbons (Fsp3) is 0.208. The highest BCUT2D eigenvalue weighted by Gasteiger charge is 2.07. The maximum Gasteiger partial charge on any atom is 0.116 e. The summed E-state index contributed by atoms with van der Waals surface area (Å²) >= 11 is 0. The van der Waals surface area contributed by atoms with Gasteiger partial charge in [-0.15, -0.1) is 0 Å². The molecule has 0 aliphatic heterocycles. The van der Waals surface area contributed by atoms with Gasteiger partial charge in [-0.1, -0.05) is 48.6 Å². The summed E-state index contributed by atoms with van der Waals surface area (Å²) in [4.78, 5) is 8.81. The smallest absolute Gasteiger partial charge is 0.116 e. The van der Waals surface area contributed by atoms with Crippen molar-refractivity contribution in [3.8, 4) is 11.1 Å². The van der Waals surface area contributed by atoms with Crippen molar-refractivity contribution in [1.29, 1.82) is 0 Å². The van der Waals surface area contributed by atoms with Crippen LogP contribution in [0.1, 0.15) is 49.9 Å². The minimum atomic E-state index is 0.750. The van der Waals surface area contributed by atoms with Gasteiger partial charge in [0, 0.05) is 0 Å². The molecule has 0 heterocycles. The van der Waals surface area contributed by atoms with Gasteiger partial charge in [-0.3, -0.25) is 0 Å². The van der Waals surface area contributed by atoms with E-state index in [4.69, 9.17) is 4.79 Å². The molecule has 2 aromatic carbocycles. The number of aldehydes is 1. The predicted octanol–water partition coefficient (Wildman–Crippen LogP) is 6.97. The molecule has 1 heteroatoms. The van der Waals surface area contributed by atoms with Crippen LogP contribution in [0.5, 0.6) is 0 Å². The number of rotatable bonds is 4. The third kappa shape index (κ3) is 5.72. The number of hydrogen-bond acceptors (Lipinski definition) is 1. The fourth-order valence-corrected chi connectivity index (χ4v) is 2.48. The molecule has 25 heavy (non-hydrogen) atoms. The standard InChI is InChI=1S/C22H24.C2H4O/c1-14(2)18-8-17(7)9-21(11-18)22-12-19(15(3)4)10-20(13-22)16(5)6;1-2-3/h8-13H,1,3,5H2,2,4,6-7H3;2H,1H3. The van der Waals surface area contributed by atoms with Crippen LogP contribution in [0.4, 0.5) is 0 Å². The van der Waals surface area contributed by atoms with Crippen LogP contribution in [0.25, 0.3) is 27.8 Å². The maximum absolute atomic E-state index is 8.81. The molecule has 0 N–H and O–H groups in total. The Labute approximate surface area is 152 Å². The summed E-state index contributed by atoms with van der Waals surface area (Å²) in [6.45, 7) is 21.9. The number of aryl methyl sites for hydroxylation is 1. The molecule has 2 aromatic rings. The maximum atomic E-state index is 8.81. The van der Waals surface area contributed by atoms with Crippen molar-refractivity contribution in [3.63, 3.8) is 0 Å². The van der Waals surface area contributed by atoms with Crippen molar-refractivity contribution in [2.75, 3.05) is 0 Å². The molecule has 0 radical (unpaired) electrons. The summed E-state index contributed by atoms with van der Waals surface area (Å²) in [5, 5.41) is 0. The Kier molecular flexibility index (Phi) is 7.32. The number of carbonyl (C=O) groups excluding carboxylic acids is 1. The highest BCUT2D eigenvalue weighted by Crippen LogP contribution is 2.30. The Balaban J connectivity index is 0.000000970. The second kappa shape index (κ2) is 8.98. The van der Waals surface area contributed by atoms with Gasteiger partial charge in [-0.2, -0.15) is 0 Å². The van der Waals surface area contributed by atoms with Crippen molar-refractivity contribution in [3.05, 3.63) is 78.4 Å². The lowest BCUT2D eigenvalue weighted by atomic mass is 9.92. The van der Waals surface area contributed by atoms with E-state index < -0.39 is 0 Å². The second-order valence-electron chi connectivity index (χ2n) is 6.46. The van der Waals surface area contributed by atoms with E-state index in [-0.39, 0.29) is 0 Å². The van der Waals surface area contributed by atoms with Crippen molar-refractivity contribution in [2.45, 2.75) is 34.6 Å². The summed E-state index contributed by atoms with van der Waals surface area (Å²) in [5.74, 6) is 0. The molecule has 0 saturated heterocycles. The second-order valence-corrected chi connectivity index (χ2v) is 6.46. The van der Waals surface area contributed by atoms with E-state index in [0.717, 1.165) is 34.1 Å². The topological polar surface area (TPSA) is 17.1 Å². The quantitative estimate of drug-likeness (QED) is 0.553. The predicted molar refractivity (Wildman–Crippen MR) is 112 cm³/mol. The van der Waals surface area contributed by atoms with Gasteiger partial charge >= 0.3 is 0 Å². The molecule has 1 nitrogen and oxygen atoms in total. The molecule has 0 bridgehead atoms. The zero-order valence-corrected chi connectivity index (χ0v) is 16.1. The lowest BCUT2D eigenvalue weighted by molar-refractivity contribution is -0.106. The number of allylic oxidation sites excluding steroid dienone is 3. The zero-order valence-electron chi connectivity index (χ0n) is 16.1. The van der Waals surface area contributed by atoms with E-state index in [1.54, 1.807) is 0 Å². The molecule has 0 spiro atoms. The first-order valence-electron chi connectivity index (χ1n) is 8.34. The van der Waals surface area contributed by atoms with Crippen LogP contribution < -0.4 is 0 Å². The van der Waals surface area contributed by atoms with Gasteiger partial charge in [0.1, 0.15) is 6.29 Å². The lowest BCUT2D eigenvalue weighted by Crippen LogP contribution is -1.90. The normalized spacial score (nSPS) is 9.64. The molecular weight excluding hydrogens is 304 g/mol. The molecule has 0 atom stereocenters. The number of benzene rings is 2. The van der Waals surface area contributed by atoms with E-state index in [1.807, 2.05) is 20.8 Å². The average Bonchev–Trinajstić information content (AvgIpc) is 2.54. The zero-order chi connectivity index (χ0) is 19.1. The molecule has 0 aliphatic rings. The Morgan fingerprint density at radius 2 is 1.04 bits per heavy atom. The summed E-state index contributed by atoms with van der Waals surface area (Å²) in [7, 11) is 0. The Bertz CT molecular complexity index is 790. The third-order valence-corrected chi connectivity index (χ3v) is 3.82. The van der Waals surface area contributed by atoms with Crippen LogP contribution >= 0.6 is 0 Å². The number of hydrogen-bond donors (Lipinski definition) is 0. The average molecular weight is 332 g/mol. The first kappa shape index (κ1) is 20.4. The van der Waals surface area contributed by atoms with Gasteiger partial charge < -0.3 is 4.79 Å². The Morgan fingerprint density at radius 3 is 1.40 bits per heavy atom. The first-order chi connectivity index (χ1) is 11.7. The Morgan fingerprint density at radius 1 is 0.720 bits per heavy atom. The van der Waals surface area contributed by atoms with Gasteiger partial charge in [0.2, 0.25) is 0 Å². The van der Waals surface area contributed by atoms with Gasteiger partial charge in [0.25, 0.3) is 0 Å². The van der Waals surface area contributed by atoms with E-state index in [1.165, 1.54) is 29.2 Å². The molecule has 130 valence electrons. The summed E-state index contributed by atoms with van der Waals surface area (Å²) in [6.07, 6.45) is 0.750. The van der Waals surface area contributed by atoms with E-state index >= 15 is 0 Å². The SMILES string of the molecule is C=C(C)c1cc(C)cc(-c2cc(C(=C)C)cc(C(=C)C)c2)c1.CC=O. The van der Waals surface area contributed by atoms with Crippen LogP contribution in [0.3, 0.4) is 0 Å². The van der Waals surface area contributed by atoms with Crippen LogP contribution in [-0.2, 0) is 4.79 Å². The minimum absolute atomic E-state index is 0.750. The van der Waals surface area contributed by atoms with Gasteiger partial charge in [-0.25, -0.2) is 0 Å². The molecule has 0 fully saturated rings. The van der Waals surface area contributed by atoms with Crippen molar-refractivity contribution in [2.24, 2.45) is 0 Å². The van der Waals surface area contributed by atoms with Gasteiger partial charge in [0.15, 0.2) is 0 Å². The molecule has 0 amide bonds. The summed E-state index contributed by atoms with van der Waals surface area (Å²) in [5.41, 5.74) is 10.4. The van der Waals surface area contributed by atoms with E-state index in [9.17, 15) is 0 Å². The van der Waals surface area contributed by atoms with Crippen molar-refractivity contribution in [1.82, 2.24) is 0 Å². The minimum Gasteiger partial charge on any atom is -0.304 e.